The summed E-state index contributed by atoms with van der Waals surface area (Å²) in [6, 6.07) is 6.24. The van der Waals surface area contributed by atoms with E-state index in [4.69, 9.17) is 5.11 Å². The fourth-order valence-electron chi connectivity index (χ4n) is 2.66. The Hall–Kier alpha value is -1.51. The molecule has 1 N–H and O–H groups in total. The van der Waals surface area contributed by atoms with Crippen LogP contribution in [0.3, 0.4) is 0 Å². The van der Waals surface area contributed by atoms with Gasteiger partial charge in [0, 0.05) is 24.7 Å². The number of carboxylic acids is 1. The zero-order valence-corrected chi connectivity index (χ0v) is 10.7. The highest BCUT2D eigenvalue weighted by molar-refractivity contribution is 5.72. The third kappa shape index (κ3) is 2.14. The van der Waals surface area contributed by atoms with Crippen molar-refractivity contribution in [3.63, 3.8) is 0 Å². The average Bonchev–Trinajstić information content (AvgIpc) is 2.59. The molecule has 0 radical (unpaired) electrons. The topological polar surface area (TPSA) is 40.5 Å². The van der Waals surface area contributed by atoms with E-state index in [0.717, 1.165) is 18.5 Å². The molecule has 0 bridgehead atoms. The summed E-state index contributed by atoms with van der Waals surface area (Å²) in [5, 5.41) is 9.01. The second-order valence-electron chi connectivity index (χ2n) is 5.44. The Kier molecular flexibility index (Phi) is 2.86. The van der Waals surface area contributed by atoms with Crippen molar-refractivity contribution < 1.29 is 9.90 Å². The predicted octanol–water partition coefficient (Wildman–Crippen LogP) is 2.43. The van der Waals surface area contributed by atoms with Crippen LogP contribution in [-0.4, -0.2) is 24.7 Å². The number of carbonyl (C=O) groups is 1. The van der Waals surface area contributed by atoms with E-state index in [2.05, 4.69) is 24.1 Å². The fraction of sp³-hybridized carbons (Fsp3) is 0.500. The molecule has 1 aromatic carbocycles. The van der Waals surface area contributed by atoms with Gasteiger partial charge in [-0.1, -0.05) is 32.0 Å². The number of likely N-dealkylation sites (N-methyl/N-ethyl adjacent to an activating group) is 1. The van der Waals surface area contributed by atoms with Gasteiger partial charge in [0.2, 0.25) is 0 Å². The van der Waals surface area contributed by atoms with Gasteiger partial charge in [0.05, 0.1) is 6.42 Å². The van der Waals surface area contributed by atoms with E-state index < -0.39 is 5.97 Å². The van der Waals surface area contributed by atoms with Crippen molar-refractivity contribution >= 4 is 11.7 Å². The summed E-state index contributed by atoms with van der Waals surface area (Å²) in [6.45, 7) is 5.03. The molecule has 92 valence electrons. The molecule has 1 heterocycles. The number of rotatable bonds is 3. The first kappa shape index (κ1) is 12.0. The van der Waals surface area contributed by atoms with Gasteiger partial charge in [-0.3, -0.25) is 4.79 Å². The summed E-state index contributed by atoms with van der Waals surface area (Å²) in [7, 11) is 2.08. The number of nitrogens with zero attached hydrogens (tertiary/aromatic N) is 1. The molecule has 17 heavy (non-hydrogen) atoms. The molecular weight excluding hydrogens is 214 g/mol. The molecule has 0 amide bonds. The van der Waals surface area contributed by atoms with Crippen LogP contribution in [0, 0.1) is 0 Å². The SMILES string of the molecule is CN1CCc2cccc(C(C)(C)CC(=O)O)c21. The van der Waals surface area contributed by atoms with Crippen molar-refractivity contribution in [2.24, 2.45) is 0 Å². The van der Waals surface area contributed by atoms with Crippen LogP contribution >= 0.6 is 0 Å². The van der Waals surface area contributed by atoms with Crippen molar-refractivity contribution in [2.75, 3.05) is 18.5 Å². The van der Waals surface area contributed by atoms with Gasteiger partial charge >= 0.3 is 5.97 Å². The Balaban J connectivity index is 2.46. The van der Waals surface area contributed by atoms with E-state index in [1.54, 1.807) is 0 Å². The number of benzene rings is 1. The molecule has 0 saturated heterocycles. The lowest BCUT2D eigenvalue weighted by molar-refractivity contribution is -0.138. The van der Waals surface area contributed by atoms with Crippen molar-refractivity contribution in [3.05, 3.63) is 29.3 Å². The van der Waals surface area contributed by atoms with E-state index in [0.29, 0.717) is 0 Å². The minimum Gasteiger partial charge on any atom is -0.481 e. The van der Waals surface area contributed by atoms with Gasteiger partial charge in [0.15, 0.2) is 0 Å². The highest BCUT2D eigenvalue weighted by atomic mass is 16.4. The lowest BCUT2D eigenvalue weighted by atomic mass is 9.80. The van der Waals surface area contributed by atoms with Gasteiger partial charge in [-0.2, -0.15) is 0 Å². The number of para-hydroxylation sites is 1. The zero-order valence-electron chi connectivity index (χ0n) is 10.7. The highest BCUT2D eigenvalue weighted by Crippen LogP contribution is 2.39. The van der Waals surface area contributed by atoms with Gasteiger partial charge < -0.3 is 10.0 Å². The summed E-state index contributed by atoms with van der Waals surface area (Å²) >= 11 is 0. The Morgan fingerprint density at radius 1 is 1.47 bits per heavy atom. The molecule has 3 nitrogen and oxygen atoms in total. The molecule has 1 aliphatic heterocycles. The first-order chi connectivity index (χ1) is 7.92. The Morgan fingerprint density at radius 2 is 2.18 bits per heavy atom. The van der Waals surface area contributed by atoms with E-state index >= 15 is 0 Å². The van der Waals surface area contributed by atoms with Gasteiger partial charge in [-0.05, 0) is 17.5 Å². The summed E-state index contributed by atoms with van der Waals surface area (Å²) in [5.74, 6) is -0.742. The average molecular weight is 233 g/mol. The molecule has 0 saturated carbocycles. The maximum Gasteiger partial charge on any atom is 0.304 e. The fourth-order valence-corrected chi connectivity index (χ4v) is 2.66. The lowest BCUT2D eigenvalue weighted by Crippen LogP contribution is -2.25. The van der Waals surface area contributed by atoms with Crippen molar-refractivity contribution in [3.8, 4) is 0 Å². The number of carboxylic acid groups (broad SMARTS) is 1. The van der Waals surface area contributed by atoms with Crippen molar-refractivity contribution in [1.82, 2.24) is 0 Å². The van der Waals surface area contributed by atoms with Crippen LogP contribution in [0.1, 0.15) is 31.4 Å². The van der Waals surface area contributed by atoms with Gasteiger partial charge in [-0.15, -0.1) is 0 Å². The number of aliphatic carboxylic acids is 1. The van der Waals surface area contributed by atoms with E-state index in [1.807, 2.05) is 19.9 Å². The molecule has 0 aromatic heterocycles. The Bertz CT molecular complexity index is 452. The van der Waals surface area contributed by atoms with E-state index in [1.165, 1.54) is 11.3 Å². The number of fused-ring (bicyclic) bond motifs is 1. The minimum absolute atomic E-state index is 0.164. The van der Waals surface area contributed by atoms with Gasteiger partial charge in [0.25, 0.3) is 0 Å². The Labute approximate surface area is 102 Å². The maximum absolute atomic E-state index is 11.0. The third-order valence-corrected chi connectivity index (χ3v) is 3.54. The molecule has 0 aliphatic carbocycles. The van der Waals surface area contributed by atoms with Crippen LogP contribution in [0.15, 0.2) is 18.2 Å². The lowest BCUT2D eigenvalue weighted by Gasteiger charge is -2.28. The van der Waals surface area contributed by atoms with Gasteiger partial charge in [0.1, 0.15) is 0 Å². The molecule has 0 spiro atoms. The normalized spacial score (nSPS) is 14.9. The maximum atomic E-state index is 11.0. The first-order valence-electron chi connectivity index (χ1n) is 5.97. The molecule has 0 fully saturated rings. The van der Waals surface area contributed by atoms with Crippen LogP contribution in [0.4, 0.5) is 5.69 Å². The summed E-state index contributed by atoms with van der Waals surface area (Å²) in [5.41, 5.74) is 3.40. The van der Waals surface area contributed by atoms with Crippen molar-refractivity contribution in [2.45, 2.75) is 32.1 Å². The number of hydrogen-bond acceptors (Lipinski definition) is 2. The number of anilines is 1. The Morgan fingerprint density at radius 3 is 2.82 bits per heavy atom. The first-order valence-corrected chi connectivity index (χ1v) is 5.97. The zero-order chi connectivity index (χ0) is 12.6. The largest absolute Gasteiger partial charge is 0.481 e. The van der Waals surface area contributed by atoms with Crippen LogP contribution < -0.4 is 4.90 Å². The highest BCUT2D eigenvalue weighted by Gasteiger charge is 2.30. The van der Waals surface area contributed by atoms with Crippen LogP contribution in [0.2, 0.25) is 0 Å². The van der Waals surface area contributed by atoms with Crippen LogP contribution in [0.25, 0.3) is 0 Å². The third-order valence-electron chi connectivity index (χ3n) is 3.54. The smallest absolute Gasteiger partial charge is 0.304 e. The minimum atomic E-state index is -0.742. The van der Waals surface area contributed by atoms with E-state index in [-0.39, 0.29) is 11.8 Å². The summed E-state index contributed by atoms with van der Waals surface area (Å²) in [6.07, 6.45) is 1.22. The summed E-state index contributed by atoms with van der Waals surface area (Å²) < 4.78 is 0. The molecule has 0 atom stereocenters. The standard InChI is InChI=1S/C14H19NO2/c1-14(2,9-12(16)17)11-6-4-5-10-7-8-15(3)13(10)11/h4-6H,7-9H2,1-3H3,(H,16,17). The second kappa shape index (κ2) is 4.06. The molecule has 3 heteroatoms. The molecule has 2 rings (SSSR count). The molecule has 1 aliphatic rings. The van der Waals surface area contributed by atoms with Gasteiger partial charge in [-0.25, -0.2) is 0 Å². The van der Waals surface area contributed by atoms with Crippen molar-refractivity contribution in [1.29, 1.82) is 0 Å². The van der Waals surface area contributed by atoms with Crippen LogP contribution in [-0.2, 0) is 16.6 Å². The monoisotopic (exact) mass is 233 g/mol. The quantitative estimate of drug-likeness (QED) is 0.871. The predicted molar refractivity (Wildman–Crippen MR) is 68.7 cm³/mol. The van der Waals surface area contributed by atoms with Crippen LogP contribution in [0.5, 0.6) is 0 Å². The molecule has 1 aromatic rings. The summed E-state index contributed by atoms with van der Waals surface area (Å²) in [4.78, 5) is 13.2. The van der Waals surface area contributed by atoms with E-state index in [9.17, 15) is 4.79 Å². The molecular formula is C14H19NO2. The second-order valence-corrected chi connectivity index (χ2v) is 5.44. The number of hydrogen-bond donors (Lipinski definition) is 1. The molecule has 0 unspecified atom stereocenters.